The lowest BCUT2D eigenvalue weighted by Crippen LogP contribution is -2.67. The van der Waals surface area contributed by atoms with Gasteiger partial charge in [0.1, 0.15) is 11.7 Å². The van der Waals surface area contributed by atoms with Crippen LogP contribution in [0.2, 0.25) is 0 Å². The lowest BCUT2D eigenvalue weighted by Gasteiger charge is -2.51. The van der Waals surface area contributed by atoms with Crippen molar-refractivity contribution in [1.29, 1.82) is 0 Å². The number of piperidine rings is 1. The summed E-state index contributed by atoms with van der Waals surface area (Å²) in [6, 6.07) is 5.54. The second-order valence-corrected chi connectivity index (χ2v) is 8.01. The summed E-state index contributed by atoms with van der Waals surface area (Å²) in [6.45, 7) is 2.58. The molecule has 1 amide bonds. The van der Waals surface area contributed by atoms with Crippen molar-refractivity contribution in [3.63, 3.8) is 0 Å². The van der Waals surface area contributed by atoms with Crippen molar-refractivity contribution >= 4 is 11.6 Å². The van der Waals surface area contributed by atoms with Gasteiger partial charge in [0.05, 0.1) is 25.6 Å². The molecule has 0 bridgehead atoms. The average molecular weight is 369 g/mol. The zero-order chi connectivity index (χ0) is 19.1. The van der Waals surface area contributed by atoms with Crippen molar-refractivity contribution in [2.45, 2.75) is 57.3 Å². The molecule has 1 aliphatic carbocycles. The smallest absolute Gasteiger partial charge is 0.298 e. The third kappa shape index (κ3) is 3.29. The minimum atomic E-state index is -4.36. The first-order chi connectivity index (χ1) is 12.2. The van der Waals surface area contributed by atoms with Crippen molar-refractivity contribution in [3.8, 4) is 0 Å². The molecule has 2 aliphatic rings. The third-order valence-electron chi connectivity index (χ3n) is 6.60. The summed E-state index contributed by atoms with van der Waals surface area (Å²) >= 11 is 0. The number of rotatable bonds is 2. The Labute approximate surface area is 153 Å². The van der Waals surface area contributed by atoms with E-state index in [0.29, 0.717) is 17.6 Å². The first-order valence-corrected chi connectivity index (χ1v) is 9.41. The molecular formula is C20H28F3N2O+. The van der Waals surface area contributed by atoms with E-state index < -0.39 is 11.7 Å². The van der Waals surface area contributed by atoms with Crippen LogP contribution in [-0.2, 0) is 11.0 Å². The third-order valence-corrected chi connectivity index (χ3v) is 6.60. The van der Waals surface area contributed by atoms with Crippen LogP contribution in [0, 0.1) is 5.92 Å². The van der Waals surface area contributed by atoms with E-state index in [2.05, 4.69) is 11.9 Å². The highest BCUT2D eigenvalue weighted by atomic mass is 19.4. The molecule has 144 valence electrons. The molecular weight excluding hydrogens is 341 g/mol. The molecule has 1 saturated carbocycles. The number of amides is 1. The number of likely N-dealkylation sites (tertiary alicyclic amines) is 1. The Balaban J connectivity index is 2.00. The van der Waals surface area contributed by atoms with Gasteiger partial charge in [-0.1, -0.05) is 0 Å². The van der Waals surface area contributed by atoms with E-state index in [4.69, 9.17) is 0 Å². The number of hydrogen-bond acceptors (Lipinski definition) is 2. The fraction of sp³-hybridized carbons (Fsp3) is 0.650. The normalized spacial score (nSPS) is 29.7. The van der Waals surface area contributed by atoms with E-state index in [1.165, 1.54) is 31.4 Å². The molecule has 0 radical (unpaired) electrons. The van der Waals surface area contributed by atoms with E-state index in [9.17, 15) is 18.0 Å². The highest BCUT2D eigenvalue weighted by molar-refractivity contribution is 5.86. The molecule has 0 spiro atoms. The molecule has 26 heavy (non-hydrogen) atoms. The van der Waals surface area contributed by atoms with Crippen LogP contribution >= 0.6 is 0 Å². The van der Waals surface area contributed by atoms with Gasteiger partial charge in [0.25, 0.3) is 0 Å². The van der Waals surface area contributed by atoms with Crippen LogP contribution in [-0.4, -0.2) is 43.5 Å². The number of hydrogen-bond donors (Lipinski definition) is 0. The molecule has 1 aromatic carbocycles. The number of halogens is 3. The maximum absolute atomic E-state index is 12.9. The molecule has 1 aliphatic heterocycles. The zero-order valence-corrected chi connectivity index (χ0v) is 15.7. The second kappa shape index (κ2) is 6.97. The summed E-state index contributed by atoms with van der Waals surface area (Å²) in [4.78, 5) is 15.1. The number of carbonyl (C=O) groups is 1. The number of quaternary nitrogens is 1. The summed E-state index contributed by atoms with van der Waals surface area (Å²) in [5.74, 6) is 0.549. The molecule has 1 heterocycles. The minimum absolute atomic E-state index is 0.0191. The highest BCUT2D eigenvalue weighted by Crippen LogP contribution is 2.42. The monoisotopic (exact) mass is 369 g/mol. The van der Waals surface area contributed by atoms with Gasteiger partial charge < -0.3 is 0 Å². The van der Waals surface area contributed by atoms with Crippen molar-refractivity contribution in [3.05, 3.63) is 29.8 Å². The fourth-order valence-electron chi connectivity index (χ4n) is 5.10. The highest BCUT2D eigenvalue weighted by Gasteiger charge is 2.50. The standard InChI is InChI=1S/C20H28F3N2O/c1-14(26)25(3,17-11-9-16(10-12-17)20(21,22)23)18-8-4-6-15-7-5-13-24(2)19(15)18/h9-12,15,18-19H,4-8,13H2,1-3H3/q+1. The Morgan fingerprint density at radius 2 is 1.73 bits per heavy atom. The van der Waals surface area contributed by atoms with Crippen LogP contribution in [0.5, 0.6) is 0 Å². The van der Waals surface area contributed by atoms with Gasteiger partial charge in [-0.2, -0.15) is 13.2 Å². The summed E-state index contributed by atoms with van der Waals surface area (Å²) in [5.41, 5.74) is -0.0252. The number of carbonyl (C=O) groups excluding carboxylic acids is 1. The van der Waals surface area contributed by atoms with Crippen molar-refractivity contribution in [2.24, 2.45) is 5.92 Å². The summed E-state index contributed by atoms with van der Waals surface area (Å²) in [5, 5.41) is 0. The van der Waals surface area contributed by atoms with Crippen molar-refractivity contribution < 1.29 is 18.0 Å². The molecule has 3 rings (SSSR count). The van der Waals surface area contributed by atoms with Gasteiger partial charge in [-0.3, -0.25) is 4.90 Å². The van der Waals surface area contributed by atoms with E-state index in [1.807, 2.05) is 7.05 Å². The van der Waals surface area contributed by atoms with Crippen molar-refractivity contribution in [1.82, 2.24) is 9.38 Å². The van der Waals surface area contributed by atoms with Gasteiger partial charge in [-0.05, 0) is 57.3 Å². The molecule has 1 saturated heterocycles. The molecule has 0 aromatic heterocycles. The Kier molecular flexibility index (Phi) is 5.19. The number of nitrogens with zero attached hydrogens (tertiary/aromatic N) is 2. The Bertz CT molecular complexity index is 656. The van der Waals surface area contributed by atoms with Crippen LogP contribution in [0.15, 0.2) is 24.3 Å². The molecule has 4 unspecified atom stereocenters. The molecule has 6 heteroatoms. The molecule has 1 aromatic rings. The summed E-state index contributed by atoms with van der Waals surface area (Å²) < 4.78 is 38.8. The maximum atomic E-state index is 12.9. The molecule has 3 nitrogen and oxygen atoms in total. The number of likely N-dealkylation sites (N-methyl/N-ethyl adjacent to an activating group) is 2. The lowest BCUT2D eigenvalue weighted by atomic mass is 9.74. The van der Waals surface area contributed by atoms with E-state index in [1.54, 1.807) is 6.92 Å². The number of fused-ring (bicyclic) bond motifs is 1. The predicted octanol–water partition coefficient (Wildman–Crippen LogP) is 4.45. The van der Waals surface area contributed by atoms with Gasteiger partial charge >= 0.3 is 12.1 Å². The number of benzene rings is 1. The second-order valence-electron chi connectivity index (χ2n) is 8.01. The Morgan fingerprint density at radius 3 is 2.31 bits per heavy atom. The maximum Gasteiger partial charge on any atom is 0.416 e. The lowest BCUT2D eigenvalue weighted by molar-refractivity contribution is -0.137. The van der Waals surface area contributed by atoms with Gasteiger partial charge in [-0.25, -0.2) is 9.28 Å². The average Bonchev–Trinajstić information content (AvgIpc) is 2.60. The van der Waals surface area contributed by atoms with Crippen LogP contribution < -0.4 is 4.48 Å². The zero-order valence-electron chi connectivity index (χ0n) is 15.7. The quantitative estimate of drug-likeness (QED) is 0.718. The Morgan fingerprint density at radius 1 is 1.12 bits per heavy atom. The largest absolute Gasteiger partial charge is 0.416 e. The first kappa shape index (κ1) is 19.4. The Hall–Kier alpha value is -1.40. The summed E-state index contributed by atoms with van der Waals surface area (Å²) in [6.07, 6.45) is 1.16. The van der Waals surface area contributed by atoms with Crippen LogP contribution in [0.4, 0.5) is 18.9 Å². The fourth-order valence-corrected chi connectivity index (χ4v) is 5.10. The van der Waals surface area contributed by atoms with Crippen molar-refractivity contribution in [2.75, 3.05) is 20.6 Å². The first-order valence-electron chi connectivity index (χ1n) is 9.41. The molecule has 0 N–H and O–H groups in total. The SMILES string of the molecule is CC(=O)[N+](C)(c1ccc(C(F)(F)F)cc1)C1CCCC2CCCN(C)C21. The van der Waals surface area contributed by atoms with Gasteiger partial charge in [0, 0.05) is 18.6 Å². The van der Waals surface area contributed by atoms with Crippen LogP contribution in [0.1, 0.15) is 44.6 Å². The van der Waals surface area contributed by atoms with E-state index >= 15 is 0 Å². The minimum Gasteiger partial charge on any atom is -0.298 e. The molecule has 2 fully saturated rings. The van der Waals surface area contributed by atoms with E-state index in [0.717, 1.165) is 31.5 Å². The van der Waals surface area contributed by atoms with Gasteiger partial charge in [0.2, 0.25) is 0 Å². The number of alkyl halides is 3. The van der Waals surface area contributed by atoms with Gasteiger partial charge in [0.15, 0.2) is 0 Å². The predicted molar refractivity (Wildman–Crippen MR) is 96.6 cm³/mol. The topological polar surface area (TPSA) is 20.3 Å². The summed E-state index contributed by atoms with van der Waals surface area (Å²) in [7, 11) is 3.99. The van der Waals surface area contributed by atoms with Gasteiger partial charge in [-0.15, -0.1) is 0 Å². The van der Waals surface area contributed by atoms with Crippen LogP contribution in [0.3, 0.4) is 0 Å². The van der Waals surface area contributed by atoms with Crippen LogP contribution in [0.25, 0.3) is 0 Å². The van der Waals surface area contributed by atoms with E-state index in [-0.39, 0.29) is 16.4 Å². The molecule has 4 atom stereocenters.